The Balaban J connectivity index is 3.54. The van der Waals surface area contributed by atoms with Crippen LogP contribution in [0.5, 0.6) is 0 Å². The van der Waals surface area contributed by atoms with Crippen LogP contribution in [-0.2, 0) is 4.79 Å². The van der Waals surface area contributed by atoms with Gasteiger partial charge in [0.05, 0.1) is 12.6 Å². The summed E-state index contributed by atoms with van der Waals surface area (Å²) in [6, 6.07) is -0.559. The number of hydrogen-bond acceptors (Lipinski definition) is 3. The molecule has 10 heavy (non-hydrogen) atoms. The predicted octanol–water partition coefficient (Wildman–Crippen LogP) is -1.01. The summed E-state index contributed by atoms with van der Waals surface area (Å²) in [6.45, 7) is 0.223. The highest BCUT2D eigenvalue weighted by Crippen LogP contribution is 1.81. The van der Waals surface area contributed by atoms with E-state index < -0.39 is 6.04 Å². The molecule has 0 aliphatic carbocycles. The minimum absolute atomic E-state index is 0.223. The number of nitrogens with two attached hydrogens (primary N) is 1. The third kappa shape index (κ3) is 3.38. The van der Waals surface area contributed by atoms with Gasteiger partial charge < -0.3 is 11.1 Å². The van der Waals surface area contributed by atoms with Gasteiger partial charge >= 0.3 is 0 Å². The molecule has 0 spiro atoms. The van der Waals surface area contributed by atoms with E-state index in [0.717, 1.165) is 0 Å². The molecule has 0 aromatic rings. The van der Waals surface area contributed by atoms with Gasteiger partial charge in [-0.1, -0.05) is 5.92 Å². The molecule has 3 N–H and O–H groups in total. The van der Waals surface area contributed by atoms with E-state index in [1.54, 1.807) is 0 Å². The van der Waals surface area contributed by atoms with Crippen LogP contribution in [0.4, 0.5) is 0 Å². The molecule has 0 aliphatic heterocycles. The van der Waals surface area contributed by atoms with Gasteiger partial charge in [-0.25, -0.2) is 0 Å². The first-order valence-corrected chi connectivity index (χ1v) is 3.43. The molecule has 0 heterocycles. The lowest BCUT2D eigenvalue weighted by Crippen LogP contribution is -2.41. The number of thiol groups is 1. The highest BCUT2D eigenvalue weighted by atomic mass is 32.1. The molecule has 0 fully saturated rings. The minimum atomic E-state index is -0.559. The molecule has 0 radical (unpaired) electrons. The van der Waals surface area contributed by atoms with Crippen molar-refractivity contribution in [3.63, 3.8) is 0 Å². The maximum Gasteiger partial charge on any atom is 0.238 e. The number of carbonyl (C=O) groups excluding carboxylic acids is 1. The molecule has 0 aliphatic rings. The van der Waals surface area contributed by atoms with Crippen LogP contribution in [0.1, 0.15) is 0 Å². The number of terminal acetylenes is 1. The Labute approximate surface area is 65.8 Å². The first-order chi connectivity index (χ1) is 4.72. The van der Waals surface area contributed by atoms with Crippen molar-refractivity contribution < 1.29 is 4.79 Å². The molecule has 0 saturated heterocycles. The number of nitrogens with one attached hydrogen (secondary N) is 1. The van der Waals surface area contributed by atoms with Crippen molar-refractivity contribution in [1.82, 2.24) is 5.32 Å². The van der Waals surface area contributed by atoms with Gasteiger partial charge in [0, 0.05) is 5.75 Å². The average molecular weight is 158 g/mol. The average Bonchev–Trinajstić information content (AvgIpc) is 1.98. The zero-order valence-corrected chi connectivity index (χ0v) is 6.40. The Bertz CT molecular complexity index is 152. The van der Waals surface area contributed by atoms with Gasteiger partial charge in [0.1, 0.15) is 0 Å². The van der Waals surface area contributed by atoms with Crippen LogP contribution in [0.3, 0.4) is 0 Å². The summed E-state index contributed by atoms with van der Waals surface area (Å²) >= 11 is 3.84. The molecular weight excluding hydrogens is 148 g/mol. The van der Waals surface area contributed by atoms with E-state index in [1.807, 2.05) is 0 Å². The lowest BCUT2D eigenvalue weighted by Gasteiger charge is -2.05. The Hall–Kier alpha value is -0.660. The fourth-order valence-corrected chi connectivity index (χ4v) is 0.518. The first kappa shape index (κ1) is 9.34. The third-order valence-corrected chi connectivity index (χ3v) is 1.29. The van der Waals surface area contributed by atoms with Crippen molar-refractivity contribution in [2.24, 2.45) is 5.73 Å². The topological polar surface area (TPSA) is 55.1 Å². The normalized spacial score (nSPS) is 11.7. The highest BCUT2D eigenvalue weighted by Gasteiger charge is 2.08. The van der Waals surface area contributed by atoms with Gasteiger partial charge in [0.15, 0.2) is 0 Å². The molecule has 0 rings (SSSR count). The second-order valence-corrected chi connectivity index (χ2v) is 2.08. The maximum absolute atomic E-state index is 10.8. The van der Waals surface area contributed by atoms with E-state index in [0.29, 0.717) is 5.75 Å². The predicted molar refractivity (Wildman–Crippen MR) is 43.7 cm³/mol. The third-order valence-electron chi connectivity index (χ3n) is 0.898. The summed E-state index contributed by atoms with van der Waals surface area (Å²) in [6.07, 6.45) is 4.89. The molecule has 1 atom stereocenters. The van der Waals surface area contributed by atoms with Crippen LogP contribution >= 0.6 is 12.6 Å². The lowest BCUT2D eigenvalue weighted by molar-refractivity contribution is -0.121. The van der Waals surface area contributed by atoms with Gasteiger partial charge in [0.2, 0.25) is 5.91 Å². The lowest BCUT2D eigenvalue weighted by atomic mass is 10.3. The molecule has 0 aromatic carbocycles. The van der Waals surface area contributed by atoms with Crippen LogP contribution < -0.4 is 11.1 Å². The van der Waals surface area contributed by atoms with E-state index in [4.69, 9.17) is 12.2 Å². The van der Waals surface area contributed by atoms with E-state index in [1.165, 1.54) is 0 Å². The number of amides is 1. The molecule has 1 amide bonds. The monoisotopic (exact) mass is 158 g/mol. The first-order valence-electron chi connectivity index (χ1n) is 2.80. The number of hydrogen-bond donors (Lipinski definition) is 3. The van der Waals surface area contributed by atoms with Gasteiger partial charge in [0.25, 0.3) is 0 Å². The summed E-state index contributed by atoms with van der Waals surface area (Å²) in [5.74, 6) is 2.34. The SMILES string of the molecule is C#CCNC(=O)[C@@H](N)CS. The second-order valence-electron chi connectivity index (χ2n) is 1.71. The largest absolute Gasteiger partial charge is 0.344 e. The smallest absolute Gasteiger partial charge is 0.238 e. The zero-order chi connectivity index (χ0) is 7.98. The standard InChI is InChI=1S/C6H10N2OS/c1-2-3-8-6(9)5(7)4-10/h1,5,10H,3-4,7H2,(H,8,9)/t5-/m0/s1. The Kier molecular flexibility index (Phi) is 4.81. The number of rotatable bonds is 3. The fourth-order valence-electron chi connectivity index (χ4n) is 0.352. The Morgan fingerprint density at radius 3 is 2.90 bits per heavy atom. The van der Waals surface area contributed by atoms with Crippen molar-refractivity contribution in [2.75, 3.05) is 12.3 Å². The molecule has 0 unspecified atom stereocenters. The summed E-state index contributed by atoms with van der Waals surface area (Å²) in [4.78, 5) is 10.8. The van der Waals surface area contributed by atoms with Gasteiger partial charge in [-0.3, -0.25) is 4.79 Å². The van der Waals surface area contributed by atoms with Crippen molar-refractivity contribution in [1.29, 1.82) is 0 Å². The Morgan fingerprint density at radius 1 is 1.90 bits per heavy atom. The van der Waals surface area contributed by atoms with E-state index in [9.17, 15) is 4.79 Å². The van der Waals surface area contributed by atoms with Crippen molar-refractivity contribution in [3.05, 3.63) is 0 Å². The van der Waals surface area contributed by atoms with Crippen LogP contribution in [0.15, 0.2) is 0 Å². The minimum Gasteiger partial charge on any atom is -0.344 e. The molecule has 4 heteroatoms. The molecular formula is C6H10N2OS. The summed E-state index contributed by atoms with van der Waals surface area (Å²) in [5, 5.41) is 2.43. The van der Waals surface area contributed by atoms with E-state index in [-0.39, 0.29) is 12.5 Å². The van der Waals surface area contributed by atoms with Gasteiger partial charge in [-0.15, -0.1) is 6.42 Å². The van der Waals surface area contributed by atoms with Gasteiger partial charge in [-0.2, -0.15) is 12.6 Å². The number of carbonyl (C=O) groups is 1. The molecule has 0 bridgehead atoms. The fraction of sp³-hybridized carbons (Fsp3) is 0.500. The highest BCUT2D eigenvalue weighted by molar-refractivity contribution is 7.80. The summed E-state index contributed by atoms with van der Waals surface area (Å²) in [5.41, 5.74) is 5.30. The van der Waals surface area contributed by atoms with E-state index >= 15 is 0 Å². The van der Waals surface area contributed by atoms with E-state index in [2.05, 4.69) is 23.9 Å². The quantitative estimate of drug-likeness (QED) is 0.364. The van der Waals surface area contributed by atoms with Crippen LogP contribution in [0.25, 0.3) is 0 Å². The Morgan fingerprint density at radius 2 is 2.50 bits per heavy atom. The van der Waals surface area contributed by atoms with Gasteiger partial charge in [-0.05, 0) is 0 Å². The summed E-state index contributed by atoms with van der Waals surface area (Å²) in [7, 11) is 0. The molecule has 3 nitrogen and oxygen atoms in total. The molecule has 0 saturated carbocycles. The van der Waals surface area contributed by atoms with Crippen LogP contribution in [-0.4, -0.2) is 24.2 Å². The summed E-state index contributed by atoms with van der Waals surface area (Å²) < 4.78 is 0. The van der Waals surface area contributed by atoms with Crippen LogP contribution in [0.2, 0.25) is 0 Å². The molecule has 0 aromatic heterocycles. The second kappa shape index (κ2) is 5.15. The van der Waals surface area contributed by atoms with Crippen molar-refractivity contribution >= 4 is 18.5 Å². The zero-order valence-electron chi connectivity index (χ0n) is 5.50. The molecule has 56 valence electrons. The van der Waals surface area contributed by atoms with Crippen molar-refractivity contribution in [2.45, 2.75) is 6.04 Å². The van der Waals surface area contributed by atoms with Crippen LogP contribution in [0, 0.1) is 12.3 Å². The maximum atomic E-state index is 10.8. The van der Waals surface area contributed by atoms with Crippen molar-refractivity contribution in [3.8, 4) is 12.3 Å².